The van der Waals surface area contributed by atoms with Crippen LogP contribution in [0.5, 0.6) is 11.5 Å². The Morgan fingerprint density at radius 3 is 2.46 bits per heavy atom. The predicted octanol–water partition coefficient (Wildman–Crippen LogP) is 3.23. The number of esters is 1. The molecule has 7 nitrogen and oxygen atoms in total. The molecule has 0 bridgehead atoms. The summed E-state index contributed by atoms with van der Waals surface area (Å²) < 4.78 is 15.5. The summed E-state index contributed by atoms with van der Waals surface area (Å²) in [5, 5.41) is 11.1. The molecule has 0 aromatic heterocycles. The number of hydrogen-bond acceptors (Lipinski definition) is 6. The Kier molecular flexibility index (Phi) is 6.13. The van der Waals surface area contributed by atoms with Crippen molar-refractivity contribution in [2.45, 2.75) is 6.42 Å². The molecule has 0 atom stereocenters. The Hall–Kier alpha value is -3.09. The Labute approximate surface area is 138 Å². The number of methoxy groups -OCH3 is 1. The number of hydrogen-bond donors (Lipinski definition) is 0. The zero-order valence-electron chi connectivity index (χ0n) is 13.1. The maximum absolute atomic E-state index is 11.4. The molecular weight excluding hydrogens is 314 g/mol. The van der Waals surface area contributed by atoms with E-state index in [-0.39, 0.29) is 23.6 Å². The fraction of sp³-hybridized carbons (Fsp3) is 0.235. The van der Waals surface area contributed by atoms with Gasteiger partial charge in [0.2, 0.25) is 0 Å². The van der Waals surface area contributed by atoms with Crippen LogP contribution in [0.1, 0.15) is 16.8 Å². The molecule has 0 spiro atoms. The van der Waals surface area contributed by atoms with Crippen LogP contribution in [-0.4, -0.2) is 31.2 Å². The van der Waals surface area contributed by atoms with E-state index in [9.17, 15) is 14.9 Å². The van der Waals surface area contributed by atoms with E-state index in [0.717, 1.165) is 11.8 Å². The number of carbonyl (C=O) groups is 1. The van der Waals surface area contributed by atoms with Gasteiger partial charge in [-0.05, 0) is 24.3 Å². The van der Waals surface area contributed by atoms with Crippen LogP contribution in [0.4, 0.5) is 5.69 Å². The number of nitrogens with zero attached hydrogens (tertiary/aromatic N) is 1. The standard InChI is InChI=1S/C17H17NO6/c1-22-17(19)13-8-9-16(15(12-13)18(20)21)24-11-5-10-23-14-6-3-2-4-7-14/h2-4,6-9,12H,5,10-11H2,1H3. The second-order valence-electron chi connectivity index (χ2n) is 4.79. The van der Waals surface area contributed by atoms with Gasteiger partial charge in [0.1, 0.15) is 5.75 Å². The minimum absolute atomic E-state index is 0.101. The van der Waals surface area contributed by atoms with E-state index in [1.54, 1.807) is 0 Å². The van der Waals surface area contributed by atoms with Crippen LogP contribution in [0.25, 0.3) is 0 Å². The molecule has 0 unspecified atom stereocenters. The molecule has 2 rings (SSSR count). The van der Waals surface area contributed by atoms with Gasteiger partial charge in [-0.25, -0.2) is 4.79 Å². The SMILES string of the molecule is COC(=O)c1ccc(OCCCOc2ccccc2)c([N+](=O)[O-])c1. The van der Waals surface area contributed by atoms with E-state index >= 15 is 0 Å². The fourth-order valence-electron chi connectivity index (χ4n) is 1.97. The molecule has 0 N–H and O–H groups in total. The highest BCUT2D eigenvalue weighted by molar-refractivity contribution is 5.90. The van der Waals surface area contributed by atoms with Crippen molar-refractivity contribution < 1.29 is 23.9 Å². The van der Waals surface area contributed by atoms with E-state index in [1.165, 1.54) is 19.2 Å². The third kappa shape index (κ3) is 4.70. The number of ether oxygens (including phenoxy) is 3. The second kappa shape index (κ2) is 8.52. The minimum Gasteiger partial charge on any atom is -0.493 e. The Balaban J connectivity index is 1.89. The third-order valence-electron chi connectivity index (χ3n) is 3.13. The normalized spacial score (nSPS) is 10.0. The minimum atomic E-state index is -0.638. The van der Waals surface area contributed by atoms with Gasteiger partial charge in [-0.3, -0.25) is 10.1 Å². The Morgan fingerprint density at radius 1 is 1.08 bits per heavy atom. The summed E-state index contributed by atoms with van der Waals surface area (Å²) in [6.45, 7) is 0.684. The van der Waals surface area contributed by atoms with Gasteiger partial charge in [0, 0.05) is 12.5 Å². The highest BCUT2D eigenvalue weighted by atomic mass is 16.6. The lowest BCUT2D eigenvalue weighted by molar-refractivity contribution is -0.385. The summed E-state index contributed by atoms with van der Waals surface area (Å²) >= 11 is 0. The number of benzene rings is 2. The first-order chi connectivity index (χ1) is 11.6. The Morgan fingerprint density at radius 2 is 1.79 bits per heavy atom. The number of nitro benzene ring substituents is 1. The van der Waals surface area contributed by atoms with Crippen molar-refractivity contribution in [2.75, 3.05) is 20.3 Å². The molecule has 0 fully saturated rings. The number of nitro groups is 1. The lowest BCUT2D eigenvalue weighted by atomic mass is 10.2. The molecule has 0 aliphatic carbocycles. The fourth-order valence-corrected chi connectivity index (χ4v) is 1.97. The third-order valence-corrected chi connectivity index (χ3v) is 3.13. The molecule has 0 heterocycles. The summed E-state index contributed by atoms with van der Waals surface area (Å²) in [5.74, 6) is 0.221. The summed E-state index contributed by atoms with van der Waals surface area (Å²) in [7, 11) is 1.21. The van der Waals surface area contributed by atoms with Crippen molar-refractivity contribution in [1.82, 2.24) is 0 Å². The topological polar surface area (TPSA) is 87.9 Å². The van der Waals surface area contributed by atoms with Gasteiger partial charge in [0.05, 0.1) is 30.8 Å². The van der Waals surface area contributed by atoms with Gasteiger partial charge in [-0.15, -0.1) is 0 Å². The highest BCUT2D eigenvalue weighted by Gasteiger charge is 2.19. The molecule has 0 aliphatic heterocycles. The van der Waals surface area contributed by atoms with Crippen molar-refractivity contribution >= 4 is 11.7 Å². The molecule has 0 radical (unpaired) electrons. The maximum Gasteiger partial charge on any atom is 0.338 e. The van der Waals surface area contributed by atoms with E-state index in [4.69, 9.17) is 9.47 Å². The first kappa shape index (κ1) is 17.3. The van der Waals surface area contributed by atoms with Crippen molar-refractivity contribution in [3.63, 3.8) is 0 Å². The molecule has 24 heavy (non-hydrogen) atoms. The van der Waals surface area contributed by atoms with Crippen molar-refractivity contribution in [3.05, 3.63) is 64.2 Å². The highest BCUT2D eigenvalue weighted by Crippen LogP contribution is 2.28. The smallest absolute Gasteiger partial charge is 0.338 e. The van der Waals surface area contributed by atoms with Crippen LogP contribution in [0.15, 0.2) is 48.5 Å². The lowest BCUT2D eigenvalue weighted by Crippen LogP contribution is -2.07. The molecule has 0 aliphatic rings. The van der Waals surface area contributed by atoms with Crippen molar-refractivity contribution in [3.8, 4) is 11.5 Å². The zero-order valence-corrected chi connectivity index (χ0v) is 13.1. The predicted molar refractivity (Wildman–Crippen MR) is 86.5 cm³/mol. The molecule has 7 heteroatoms. The summed E-state index contributed by atoms with van der Waals surface area (Å²) in [5.41, 5.74) is -0.175. The average Bonchev–Trinajstić information content (AvgIpc) is 2.61. The molecule has 0 amide bonds. The van der Waals surface area contributed by atoms with Gasteiger partial charge >= 0.3 is 11.7 Å². The van der Waals surface area contributed by atoms with Crippen molar-refractivity contribution in [2.24, 2.45) is 0 Å². The molecule has 0 saturated heterocycles. The first-order valence-electron chi connectivity index (χ1n) is 7.29. The maximum atomic E-state index is 11.4. The van der Waals surface area contributed by atoms with Crippen LogP contribution in [0.2, 0.25) is 0 Å². The van der Waals surface area contributed by atoms with E-state index < -0.39 is 10.9 Å². The van der Waals surface area contributed by atoms with Crippen LogP contribution >= 0.6 is 0 Å². The number of para-hydroxylation sites is 1. The summed E-state index contributed by atoms with van der Waals surface area (Å²) in [6, 6.07) is 13.3. The van der Waals surface area contributed by atoms with Crippen LogP contribution < -0.4 is 9.47 Å². The van der Waals surface area contributed by atoms with E-state index in [2.05, 4.69) is 4.74 Å². The first-order valence-corrected chi connectivity index (χ1v) is 7.29. The van der Waals surface area contributed by atoms with E-state index in [0.29, 0.717) is 13.0 Å². The van der Waals surface area contributed by atoms with Gasteiger partial charge in [0.15, 0.2) is 5.75 Å². The van der Waals surface area contributed by atoms with Gasteiger partial charge in [0.25, 0.3) is 0 Å². The molecule has 2 aromatic rings. The largest absolute Gasteiger partial charge is 0.493 e. The molecule has 0 saturated carbocycles. The number of carbonyl (C=O) groups excluding carboxylic acids is 1. The summed E-state index contributed by atoms with van der Waals surface area (Å²) in [4.78, 5) is 21.9. The van der Waals surface area contributed by atoms with Crippen LogP contribution in [0, 0.1) is 10.1 Å². The zero-order chi connectivity index (χ0) is 17.4. The average molecular weight is 331 g/mol. The van der Waals surface area contributed by atoms with E-state index in [1.807, 2.05) is 30.3 Å². The van der Waals surface area contributed by atoms with Gasteiger partial charge in [-0.1, -0.05) is 18.2 Å². The molecular formula is C17H17NO6. The quantitative estimate of drug-likeness (QED) is 0.319. The van der Waals surface area contributed by atoms with Crippen molar-refractivity contribution in [1.29, 1.82) is 0 Å². The monoisotopic (exact) mass is 331 g/mol. The van der Waals surface area contributed by atoms with Crippen LogP contribution in [-0.2, 0) is 4.74 Å². The molecule has 126 valence electrons. The van der Waals surface area contributed by atoms with Gasteiger partial charge < -0.3 is 14.2 Å². The Bertz CT molecular complexity index is 701. The lowest BCUT2D eigenvalue weighted by Gasteiger charge is -2.09. The number of rotatable bonds is 8. The summed E-state index contributed by atoms with van der Waals surface area (Å²) in [6.07, 6.45) is 0.560. The molecule has 2 aromatic carbocycles. The van der Waals surface area contributed by atoms with Gasteiger partial charge in [-0.2, -0.15) is 0 Å². The second-order valence-corrected chi connectivity index (χ2v) is 4.79. The van der Waals surface area contributed by atoms with Crippen LogP contribution in [0.3, 0.4) is 0 Å².